The molecule has 1 saturated heterocycles. The zero-order valence-corrected chi connectivity index (χ0v) is 9.42. The molecular weight excluding hydrogens is 178 g/mol. The van der Waals surface area contributed by atoms with Crippen LogP contribution >= 0.6 is 0 Å². The summed E-state index contributed by atoms with van der Waals surface area (Å²) in [7, 11) is 0. The maximum absolute atomic E-state index is 6.12. The Morgan fingerprint density at radius 3 is 2.29 bits per heavy atom. The quantitative estimate of drug-likeness (QED) is 0.736. The molecule has 1 aliphatic heterocycles. The van der Waals surface area contributed by atoms with E-state index < -0.39 is 0 Å². The average Bonchev–Trinajstić information content (AvgIpc) is 2.28. The lowest BCUT2D eigenvalue weighted by molar-refractivity contribution is -0.124. The van der Waals surface area contributed by atoms with Gasteiger partial charge in [0.2, 0.25) is 0 Å². The smallest absolute Gasteiger partial charge is 0.0802 e. The highest BCUT2D eigenvalue weighted by molar-refractivity contribution is 4.81. The minimum absolute atomic E-state index is 0.0952. The lowest BCUT2D eigenvalue weighted by Gasteiger charge is -2.36. The predicted molar refractivity (Wildman–Crippen MR) is 57.3 cm³/mol. The Hall–Kier alpha value is -0.120. The number of hydrogen-bond acceptors (Lipinski definition) is 3. The summed E-state index contributed by atoms with van der Waals surface area (Å²) in [4.78, 5) is 0. The van der Waals surface area contributed by atoms with Crippen molar-refractivity contribution in [2.75, 3.05) is 19.8 Å². The first-order valence-electron chi connectivity index (χ1n) is 5.72. The van der Waals surface area contributed by atoms with Gasteiger partial charge in [0, 0.05) is 19.8 Å². The molecule has 0 aliphatic carbocycles. The van der Waals surface area contributed by atoms with Crippen molar-refractivity contribution >= 4 is 0 Å². The molecule has 0 saturated carbocycles. The van der Waals surface area contributed by atoms with Crippen LogP contribution in [-0.2, 0) is 9.47 Å². The van der Waals surface area contributed by atoms with Crippen molar-refractivity contribution in [1.82, 2.24) is 0 Å². The van der Waals surface area contributed by atoms with Gasteiger partial charge in [0.15, 0.2) is 0 Å². The van der Waals surface area contributed by atoms with Crippen molar-refractivity contribution in [1.29, 1.82) is 0 Å². The Morgan fingerprint density at radius 2 is 1.86 bits per heavy atom. The van der Waals surface area contributed by atoms with Crippen molar-refractivity contribution < 1.29 is 9.47 Å². The Morgan fingerprint density at radius 1 is 1.29 bits per heavy atom. The zero-order chi connectivity index (χ0) is 10.4. The Kier molecular flexibility index (Phi) is 4.85. The first-order chi connectivity index (χ1) is 6.76. The summed E-state index contributed by atoms with van der Waals surface area (Å²) in [6.45, 7) is 6.58. The van der Waals surface area contributed by atoms with E-state index in [1.54, 1.807) is 0 Å². The van der Waals surface area contributed by atoms with Crippen LogP contribution in [-0.4, -0.2) is 31.5 Å². The van der Waals surface area contributed by atoms with Gasteiger partial charge in [-0.25, -0.2) is 0 Å². The number of ether oxygens (including phenoxy) is 2. The predicted octanol–water partition coefficient (Wildman–Crippen LogP) is 1.70. The lowest BCUT2D eigenvalue weighted by atomic mass is 9.96. The van der Waals surface area contributed by atoms with Gasteiger partial charge in [-0.1, -0.05) is 13.8 Å². The van der Waals surface area contributed by atoms with Crippen molar-refractivity contribution in [3.63, 3.8) is 0 Å². The first kappa shape index (κ1) is 12.0. The number of nitrogens with two attached hydrogens (primary N) is 1. The van der Waals surface area contributed by atoms with Gasteiger partial charge in [0.1, 0.15) is 0 Å². The summed E-state index contributed by atoms with van der Waals surface area (Å²) < 4.78 is 11.4. The molecule has 0 radical (unpaired) electrons. The van der Waals surface area contributed by atoms with Gasteiger partial charge in [-0.15, -0.1) is 0 Å². The molecule has 0 spiro atoms. The highest BCUT2D eigenvalue weighted by Gasteiger charge is 2.29. The van der Waals surface area contributed by atoms with Gasteiger partial charge in [-0.05, 0) is 25.7 Å². The minimum Gasteiger partial charge on any atom is -0.381 e. The molecule has 0 aromatic carbocycles. The van der Waals surface area contributed by atoms with Crippen LogP contribution in [0.25, 0.3) is 0 Å². The molecule has 0 unspecified atom stereocenters. The third-order valence-corrected chi connectivity index (χ3v) is 3.25. The van der Waals surface area contributed by atoms with Crippen LogP contribution in [0.3, 0.4) is 0 Å². The van der Waals surface area contributed by atoms with Gasteiger partial charge >= 0.3 is 0 Å². The molecule has 0 aromatic heterocycles. The number of rotatable bonds is 5. The molecule has 1 aliphatic rings. The van der Waals surface area contributed by atoms with E-state index >= 15 is 0 Å². The highest BCUT2D eigenvalue weighted by atomic mass is 16.5. The fraction of sp³-hybridized carbons (Fsp3) is 1.00. The summed E-state index contributed by atoms with van der Waals surface area (Å²) in [6, 6.07) is 0. The van der Waals surface area contributed by atoms with Crippen LogP contribution in [0.5, 0.6) is 0 Å². The summed E-state index contributed by atoms with van der Waals surface area (Å²) in [5.74, 6) is 0. The van der Waals surface area contributed by atoms with Gasteiger partial charge in [0.05, 0.1) is 11.7 Å². The topological polar surface area (TPSA) is 44.5 Å². The van der Waals surface area contributed by atoms with Gasteiger partial charge < -0.3 is 15.2 Å². The van der Waals surface area contributed by atoms with Crippen molar-refractivity contribution in [2.45, 2.75) is 51.2 Å². The molecule has 0 bridgehead atoms. The zero-order valence-electron chi connectivity index (χ0n) is 9.42. The Labute approximate surface area is 86.9 Å². The summed E-state index contributed by atoms with van der Waals surface area (Å²) >= 11 is 0. The van der Waals surface area contributed by atoms with E-state index in [0.717, 1.165) is 38.9 Å². The summed E-state index contributed by atoms with van der Waals surface area (Å²) in [6.07, 6.45) is 4.38. The van der Waals surface area contributed by atoms with E-state index in [-0.39, 0.29) is 5.60 Å². The third kappa shape index (κ3) is 2.94. The lowest BCUT2D eigenvalue weighted by Crippen LogP contribution is -2.44. The molecule has 1 heterocycles. The molecule has 1 fully saturated rings. The minimum atomic E-state index is -0.0952. The average molecular weight is 201 g/mol. The molecule has 0 aromatic rings. The first-order valence-corrected chi connectivity index (χ1v) is 5.72. The van der Waals surface area contributed by atoms with E-state index in [1.807, 2.05) is 0 Å². The van der Waals surface area contributed by atoms with Gasteiger partial charge in [0.25, 0.3) is 0 Å². The molecule has 1 rings (SSSR count). The van der Waals surface area contributed by atoms with Crippen LogP contribution in [0.15, 0.2) is 0 Å². The molecule has 0 amide bonds. The van der Waals surface area contributed by atoms with Crippen LogP contribution < -0.4 is 5.73 Å². The Balaban J connectivity index is 2.44. The van der Waals surface area contributed by atoms with Crippen LogP contribution in [0.4, 0.5) is 0 Å². The largest absolute Gasteiger partial charge is 0.381 e. The Bertz CT molecular complexity index is 143. The molecule has 84 valence electrons. The van der Waals surface area contributed by atoms with Gasteiger partial charge in [-0.3, -0.25) is 0 Å². The van der Waals surface area contributed by atoms with Crippen molar-refractivity contribution in [3.8, 4) is 0 Å². The van der Waals surface area contributed by atoms with E-state index in [0.29, 0.717) is 12.6 Å². The van der Waals surface area contributed by atoms with Gasteiger partial charge in [-0.2, -0.15) is 0 Å². The van der Waals surface area contributed by atoms with E-state index in [4.69, 9.17) is 15.2 Å². The van der Waals surface area contributed by atoms with E-state index in [2.05, 4.69) is 13.8 Å². The highest BCUT2D eigenvalue weighted by Crippen LogP contribution is 2.24. The van der Waals surface area contributed by atoms with E-state index in [1.165, 1.54) is 0 Å². The van der Waals surface area contributed by atoms with Crippen molar-refractivity contribution in [2.24, 2.45) is 5.73 Å². The maximum atomic E-state index is 6.12. The molecule has 14 heavy (non-hydrogen) atoms. The molecule has 2 N–H and O–H groups in total. The van der Waals surface area contributed by atoms with Crippen LogP contribution in [0.2, 0.25) is 0 Å². The fourth-order valence-electron chi connectivity index (χ4n) is 1.90. The third-order valence-electron chi connectivity index (χ3n) is 3.25. The van der Waals surface area contributed by atoms with Crippen molar-refractivity contribution in [3.05, 3.63) is 0 Å². The van der Waals surface area contributed by atoms with Crippen LogP contribution in [0, 0.1) is 0 Å². The molecular formula is C11H23NO2. The summed E-state index contributed by atoms with van der Waals surface area (Å²) in [5, 5.41) is 0. The maximum Gasteiger partial charge on any atom is 0.0802 e. The molecule has 3 nitrogen and oxygen atoms in total. The second-order valence-corrected chi connectivity index (χ2v) is 4.02. The SMILES string of the molecule is CCC(CC)(CN)OC1CCOCC1. The number of hydrogen-bond donors (Lipinski definition) is 1. The second-order valence-electron chi connectivity index (χ2n) is 4.02. The fourth-order valence-corrected chi connectivity index (χ4v) is 1.90. The normalized spacial score (nSPS) is 19.9. The van der Waals surface area contributed by atoms with E-state index in [9.17, 15) is 0 Å². The monoisotopic (exact) mass is 201 g/mol. The van der Waals surface area contributed by atoms with Crippen LogP contribution in [0.1, 0.15) is 39.5 Å². The molecule has 0 atom stereocenters. The summed E-state index contributed by atoms with van der Waals surface area (Å²) in [5.41, 5.74) is 5.69. The molecule has 3 heteroatoms. The second kappa shape index (κ2) is 5.69. The standard InChI is InChI=1S/C11H23NO2/c1-3-11(4-2,9-12)14-10-5-7-13-8-6-10/h10H,3-9,12H2,1-2H3.